The topological polar surface area (TPSA) is 55.8 Å². The van der Waals surface area contributed by atoms with Gasteiger partial charge in [-0.1, -0.05) is 43.0 Å². The molecule has 148 valence electrons. The Morgan fingerprint density at radius 3 is 2.57 bits per heavy atom. The van der Waals surface area contributed by atoms with Gasteiger partial charge in [0.25, 0.3) is 5.91 Å². The minimum atomic E-state index is -0.317. The lowest BCUT2D eigenvalue weighted by atomic mass is 10.1. The number of carbonyl (C=O) groups is 2. The van der Waals surface area contributed by atoms with Crippen molar-refractivity contribution in [2.45, 2.75) is 19.9 Å². The molecular weight excluding hydrogens is 422 g/mol. The van der Waals surface area contributed by atoms with E-state index < -0.39 is 0 Å². The standard InChI is InChI=1S/C22H24BrNO4/c1-3-14-28-20-11-10-18(15-19(20)23)22(26)24(13-12-21(25)27-4-2)16-17-8-6-5-7-9-17/h3,5-11,15H,1,4,12-14,16H2,2H3. The van der Waals surface area contributed by atoms with Gasteiger partial charge in [0, 0.05) is 18.7 Å². The molecule has 0 heterocycles. The summed E-state index contributed by atoms with van der Waals surface area (Å²) >= 11 is 3.44. The van der Waals surface area contributed by atoms with Crippen LogP contribution >= 0.6 is 15.9 Å². The fourth-order valence-electron chi connectivity index (χ4n) is 2.60. The molecule has 28 heavy (non-hydrogen) atoms. The molecular formula is C22H24BrNO4. The second-order valence-corrected chi connectivity index (χ2v) is 6.87. The van der Waals surface area contributed by atoms with Gasteiger partial charge in [-0.25, -0.2) is 0 Å². The number of nitrogens with zero attached hydrogens (tertiary/aromatic N) is 1. The Labute approximate surface area is 174 Å². The van der Waals surface area contributed by atoms with E-state index in [1.54, 1.807) is 36.1 Å². The summed E-state index contributed by atoms with van der Waals surface area (Å²) in [7, 11) is 0. The van der Waals surface area contributed by atoms with Crippen molar-refractivity contribution in [1.82, 2.24) is 4.90 Å². The van der Waals surface area contributed by atoms with Crippen LogP contribution in [0.1, 0.15) is 29.3 Å². The molecule has 0 fully saturated rings. The summed E-state index contributed by atoms with van der Waals surface area (Å²) in [5.74, 6) is 0.157. The van der Waals surface area contributed by atoms with Gasteiger partial charge < -0.3 is 14.4 Å². The summed E-state index contributed by atoms with van der Waals surface area (Å²) in [5, 5.41) is 0. The van der Waals surface area contributed by atoms with Crippen LogP contribution in [-0.2, 0) is 16.1 Å². The molecule has 6 heteroatoms. The average Bonchev–Trinajstić information content (AvgIpc) is 2.70. The zero-order chi connectivity index (χ0) is 20.4. The van der Waals surface area contributed by atoms with Crippen molar-refractivity contribution in [3.63, 3.8) is 0 Å². The molecule has 2 aromatic carbocycles. The molecule has 0 N–H and O–H groups in total. The SMILES string of the molecule is C=CCOc1ccc(C(=O)N(CCC(=O)OCC)Cc2ccccc2)cc1Br. The number of benzene rings is 2. The molecule has 2 aromatic rings. The van der Waals surface area contributed by atoms with Gasteiger partial charge in [-0.2, -0.15) is 0 Å². The molecule has 0 radical (unpaired) electrons. The molecule has 0 spiro atoms. The van der Waals surface area contributed by atoms with Crippen molar-refractivity contribution >= 4 is 27.8 Å². The predicted octanol–water partition coefficient (Wildman–Crippen LogP) is 4.61. The summed E-state index contributed by atoms with van der Waals surface area (Å²) in [4.78, 5) is 26.5. The summed E-state index contributed by atoms with van der Waals surface area (Å²) in [5.41, 5.74) is 1.50. The molecule has 0 atom stereocenters. The van der Waals surface area contributed by atoms with Gasteiger partial charge in [0.05, 0.1) is 17.5 Å². The van der Waals surface area contributed by atoms with Gasteiger partial charge in [0.2, 0.25) is 0 Å². The summed E-state index contributed by atoms with van der Waals surface area (Å²) in [6, 6.07) is 14.9. The van der Waals surface area contributed by atoms with E-state index in [-0.39, 0.29) is 24.8 Å². The molecule has 0 unspecified atom stereocenters. The number of esters is 1. The first kappa shape index (κ1) is 21.7. The van der Waals surface area contributed by atoms with Crippen molar-refractivity contribution in [2.75, 3.05) is 19.8 Å². The minimum Gasteiger partial charge on any atom is -0.488 e. The third-order valence-corrected chi connectivity index (χ3v) is 4.55. The van der Waals surface area contributed by atoms with E-state index in [0.29, 0.717) is 35.5 Å². The number of amides is 1. The summed E-state index contributed by atoms with van der Waals surface area (Å²) in [6.07, 6.45) is 1.80. The third-order valence-electron chi connectivity index (χ3n) is 3.93. The van der Waals surface area contributed by atoms with Gasteiger partial charge >= 0.3 is 5.97 Å². The lowest BCUT2D eigenvalue weighted by molar-refractivity contribution is -0.143. The fraction of sp³-hybridized carbons (Fsp3) is 0.273. The van der Waals surface area contributed by atoms with Crippen molar-refractivity contribution in [2.24, 2.45) is 0 Å². The van der Waals surface area contributed by atoms with Gasteiger partial charge in [-0.15, -0.1) is 0 Å². The van der Waals surface area contributed by atoms with E-state index >= 15 is 0 Å². The third kappa shape index (κ3) is 6.53. The maximum atomic E-state index is 13.1. The Kier molecular flexibility index (Phi) is 8.75. The molecule has 0 saturated heterocycles. The molecule has 0 aliphatic carbocycles. The minimum absolute atomic E-state index is 0.147. The van der Waals surface area contributed by atoms with Gasteiger partial charge in [-0.3, -0.25) is 9.59 Å². The van der Waals surface area contributed by atoms with Crippen LogP contribution in [0.2, 0.25) is 0 Å². The Bertz CT molecular complexity index is 807. The van der Waals surface area contributed by atoms with Crippen molar-refractivity contribution < 1.29 is 19.1 Å². The lowest BCUT2D eigenvalue weighted by Gasteiger charge is -2.23. The van der Waals surface area contributed by atoms with Crippen LogP contribution in [-0.4, -0.2) is 36.5 Å². The molecule has 1 amide bonds. The van der Waals surface area contributed by atoms with Crippen LogP contribution in [0.25, 0.3) is 0 Å². The Balaban J connectivity index is 2.18. The monoisotopic (exact) mass is 445 g/mol. The smallest absolute Gasteiger partial charge is 0.307 e. The molecule has 5 nitrogen and oxygen atoms in total. The molecule has 0 aromatic heterocycles. The number of halogens is 1. The predicted molar refractivity (Wildman–Crippen MR) is 112 cm³/mol. The van der Waals surface area contributed by atoms with Gasteiger partial charge in [0.15, 0.2) is 0 Å². The van der Waals surface area contributed by atoms with Crippen LogP contribution in [0.4, 0.5) is 0 Å². The molecule has 0 saturated carbocycles. The molecule has 0 aliphatic rings. The van der Waals surface area contributed by atoms with Crippen LogP contribution in [0.3, 0.4) is 0 Å². The summed E-state index contributed by atoms with van der Waals surface area (Å²) in [6.45, 7) is 6.77. The highest BCUT2D eigenvalue weighted by Gasteiger charge is 2.19. The average molecular weight is 446 g/mol. The van der Waals surface area contributed by atoms with E-state index in [9.17, 15) is 9.59 Å². The highest BCUT2D eigenvalue weighted by molar-refractivity contribution is 9.10. The fourth-order valence-corrected chi connectivity index (χ4v) is 3.09. The Hall–Kier alpha value is -2.60. The first-order chi connectivity index (χ1) is 13.5. The first-order valence-corrected chi connectivity index (χ1v) is 9.86. The van der Waals surface area contributed by atoms with Crippen LogP contribution in [0, 0.1) is 0 Å². The van der Waals surface area contributed by atoms with Crippen molar-refractivity contribution in [1.29, 1.82) is 0 Å². The highest BCUT2D eigenvalue weighted by atomic mass is 79.9. The van der Waals surface area contributed by atoms with Gasteiger partial charge in [0.1, 0.15) is 12.4 Å². The van der Waals surface area contributed by atoms with Gasteiger partial charge in [-0.05, 0) is 46.6 Å². The number of hydrogen-bond donors (Lipinski definition) is 0. The molecule has 0 bridgehead atoms. The number of ether oxygens (including phenoxy) is 2. The quantitative estimate of drug-likeness (QED) is 0.395. The van der Waals surface area contributed by atoms with Crippen molar-refractivity contribution in [3.05, 3.63) is 76.8 Å². The summed E-state index contributed by atoms with van der Waals surface area (Å²) < 4.78 is 11.2. The van der Waals surface area contributed by atoms with Crippen LogP contribution in [0.15, 0.2) is 65.7 Å². The van der Waals surface area contributed by atoms with Crippen molar-refractivity contribution in [3.8, 4) is 5.75 Å². The Morgan fingerprint density at radius 2 is 1.93 bits per heavy atom. The maximum Gasteiger partial charge on any atom is 0.307 e. The number of carbonyl (C=O) groups excluding carboxylic acids is 2. The normalized spacial score (nSPS) is 10.2. The highest BCUT2D eigenvalue weighted by Crippen LogP contribution is 2.27. The lowest BCUT2D eigenvalue weighted by Crippen LogP contribution is -2.33. The maximum absolute atomic E-state index is 13.1. The number of hydrogen-bond acceptors (Lipinski definition) is 4. The van der Waals surface area contributed by atoms with Crippen LogP contribution in [0.5, 0.6) is 5.75 Å². The zero-order valence-electron chi connectivity index (χ0n) is 15.9. The van der Waals surface area contributed by atoms with E-state index in [2.05, 4.69) is 22.5 Å². The van der Waals surface area contributed by atoms with E-state index in [1.165, 1.54) is 0 Å². The first-order valence-electron chi connectivity index (χ1n) is 9.07. The molecule has 0 aliphatic heterocycles. The Morgan fingerprint density at radius 1 is 1.18 bits per heavy atom. The largest absolute Gasteiger partial charge is 0.488 e. The second-order valence-electron chi connectivity index (χ2n) is 6.01. The van der Waals surface area contributed by atoms with E-state index in [0.717, 1.165) is 5.56 Å². The zero-order valence-corrected chi connectivity index (χ0v) is 17.5. The second kappa shape index (κ2) is 11.3. The van der Waals surface area contributed by atoms with Crippen LogP contribution < -0.4 is 4.74 Å². The molecule has 2 rings (SSSR count). The van der Waals surface area contributed by atoms with E-state index in [1.807, 2.05) is 30.3 Å². The number of rotatable bonds is 10. The van der Waals surface area contributed by atoms with E-state index in [4.69, 9.17) is 9.47 Å².